The van der Waals surface area contributed by atoms with Crippen molar-refractivity contribution in [2.24, 2.45) is 11.7 Å². The molecule has 2 aliphatic carbocycles. The predicted octanol–water partition coefficient (Wildman–Crippen LogP) is 2.22. The SMILES string of the molecule is COc1ccc2c(c1)CC(N(C)C(CN)C1CC1)CC2. The fourth-order valence-electron chi connectivity index (χ4n) is 3.63. The van der Waals surface area contributed by atoms with E-state index in [2.05, 4.69) is 30.1 Å². The van der Waals surface area contributed by atoms with E-state index in [0.29, 0.717) is 12.1 Å². The van der Waals surface area contributed by atoms with E-state index in [1.165, 1.54) is 36.8 Å². The summed E-state index contributed by atoms with van der Waals surface area (Å²) in [4.78, 5) is 2.56. The summed E-state index contributed by atoms with van der Waals surface area (Å²) in [6, 6.07) is 7.72. The highest BCUT2D eigenvalue weighted by molar-refractivity contribution is 5.38. The smallest absolute Gasteiger partial charge is 0.119 e. The Morgan fingerprint density at radius 1 is 1.30 bits per heavy atom. The second kappa shape index (κ2) is 5.74. The molecule has 0 aromatic heterocycles. The second-order valence-corrected chi connectivity index (χ2v) is 6.34. The Labute approximate surface area is 122 Å². The van der Waals surface area contributed by atoms with Crippen LogP contribution in [-0.2, 0) is 12.8 Å². The number of fused-ring (bicyclic) bond motifs is 1. The summed E-state index contributed by atoms with van der Waals surface area (Å²) < 4.78 is 5.36. The molecular formula is C17H26N2O. The quantitative estimate of drug-likeness (QED) is 0.895. The summed E-state index contributed by atoms with van der Waals surface area (Å²) >= 11 is 0. The van der Waals surface area contributed by atoms with E-state index in [0.717, 1.165) is 24.6 Å². The van der Waals surface area contributed by atoms with E-state index in [9.17, 15) is 0 Å². The summed E-state index contributed by atoms with van der Waals surface area (Å²) in [5, 5.41) is 0. The van der Waals surface area contributed by atoms with Crippen molar-refractivity contribution in [3.8, 4) is 5.75 Å². The lowest BCUT2D eigenvalue weighted by molar-refractivity contribution is 0.146. The number of benzene rings is 1. The third-order valence-corrected chi connectivity index (χ3v) is 5.12. The summed E-state index contributed by atoms with van der Waals surface area (Å²) in [6.07, 6.45) is 6.29. The monoisotopic (exact) mass is 274 g/mol. The van der Waals surface area contributed by atoms with Gasteiger partial charge >= 0.3 is 0 Å². The normalized spacial score (nSPS) is 23.5. The molecule has 0 spiro atoms. The highest BCUT2D eigenvalue weighted by Gasteiger charge is 2.36. The molecule has 1 saturated carbocycles. The molecule has 0 radical (unpaired) electrons. The first-order valence-electron chi connectivity index (χ1n) is 7.80. The van der Waals surface area contributed by atoms with Gasteiger partial charge in [-0.1, -0.05) is 6.07 Å². The lowest BCUT2D eigenvalue weighted by Gasteiger charge is -2.37. The zero-order valence-corrected chi connectivity index (χ0v) is 12.6. The maximum absolute atomic E-state index is 6.00. The molecule has 3 rings (SSSR count). The average Bonchev–Trinajstić information content (AvgIpc) is 3.31. The summed E-state index contributed by atoms with van der Waals surface area (Å²) in [5.74, 6) is 1.82. The molecular weight excluding hydrogens is 248 g/mol. The molecule has 2 atom stereocenters. The Hall–Kier alpha value is -1.06. The first-order chi connectivity index (χ1) is 9.72. The number of nitrogens with two attached hydrogens (primary N) is 1. The predicted molar refractivity (Wildman–Crippen MR) is 82.1 cm³/mol. The van der Waals surface area contributed by atoms with Crippen molar-refractivity contribution in [1.29, 1.82) is 0 Å². The minimum Gasteiger partial charge on any atom is -0.497 e. The number of ether oxygens (including phenoxy) is 1. The Bertz CT molecular complexity index is 470. The standard InChI is InChI=1S/C17H26N2O/c1-19(17(11-18)13-3-4-13)15-7-5-12-6-8-16(20-2)10-14(12)9-15/h6,8,10,13,15,17H,3-5,7,9,11,18H2,1-2H3. The molecule has 3 nitrogen and oxygen atoms in total. The molecule has 0 aliphatic heterocycles. The zero-order valence-electron chi connectivity index (χ0n) is 12.6. The van der Waals surface area contributed by atoms with Crippen LogP contribution in [0.3, 0.4) is 0 Å². The van der Waals surface area contributed by atoms with Crippen molar-refractivity contribution in [3.63, 3.8) is 0 Å². The largest absolute Gasteiger partial charge is 0.497 e. The van der Waals surface area contributed by atoms with Gasteiger partial charge < -0.3 is 10.5 Å². The first kappa shape index (κ1) is 13.9. The molecule has 2 aliphatic rings. The van der Waals surface area contributed by atoms with Gasteiger partial charge in [0, 0.05) is 18.6 Å². The van der Waals surface area contributed by atoms with Gasteiger partial charge in [-0.3, -0.25) is 4.90 Å². The molecule has 0 amide bonds. The second-order valence-electron chi connectivity index (χ2n) is 6.34. The topological polar surface area (TPSA) is 38.5 Å². The van der Waals surface area contributed by atoms with Crippen LogP contribution in [-0.4, -0.2) is 37.7 Å². The molecule has 1 aromatic carbocycles. The molecule has 20 heavy (non-hydrogen) atoms. The number of methoxy groups -OCH3 is 1. The van der Waals surface area contributed by atoms with Crippen molar-refractivity contribution in [2.45, 2.75) is 44.2 Å². The minimum atomic E-state index is 0.576. The molecule has 2 N–H and O–H groups in total. The molecule has 1 fully saturated rings. The Morgan fingerprint density at radius 3 is 2.75 bits per heavy atom. The third kappa shape index (κ3) is 2.70. The van der Waals surface area contributed by atoms with Crippen LogP contribution in [0, 0.1) is 5.92 Å². The van der Waals surface area contributed by atoms with Crippen LogP contribution in [0.1, 0.15) is 30.4 Å². The highest BCUT2D eigenvalue weighted by atomic mass is 16.5. The van der Waals surface area contributed by atoms with Crippen LogP contribution in [0.2, 0.25) is 0 Å². The van der Waals surface area contributed by atoms with Crippen molar-refractivity contribution in [3.05, 3.63) is 29.3 Å². The van der Waals surface area contributed by atoms with E-state index in [1.807, 2.05) is 0 Å². The van der Waals surface area contributed by atoms with Crippen LogP contribution < -0.4 is 10.5 Å². The molecule has 0 saturated heterocycles. The van der Waals surface area contributed by atoms with Gasteiger partial charge in [-0.25, -0.2) is 0 Å². The van der Waals surface area contributed by atoms with Gasteiger partial charge in [-0.05, 0) is 68.3 Å². The molecule has 0 bridgehead atoms. The fourth-order valence-corrected chi connectivity index (χ4v) is 3.63. The molecule has 1 aromatic rings. The van der Waals surface area contributed by atoms with E-state index in [4.69, 9.17) is 10.5 Å². The van der Waals surface area contributed by atoms with Crippen LogP contribution in [0.5, 0.6) is 5.75 Å². The summed E-state index contributed by atoms with van der Waals surface area (Å²) in [7, 11) is 4.01. The maximum atomic E-state index is 6.00. The van der Waals surface area contributed by atoms with Crippen molar-refractivity contribution in [1.82, 2.24) is 4.90 Å². The summed E-state index contributed by atoms with van der Waals surface area (Å²) in [5.41, 5.74) is 8.95. The van der Waals surface area contributed by atoms with Gasteiger partial charge in [0.2, 0.25) is 0 Å². The Kier molecular flexibility index (Phi) is 3.99. The number of aryl methyl sites for hydroxylation is 1. The average molecular weight is 274 g/mol. The van der Waals surface area contributed by atoms with E-state index in [-0.39, 0.29) is 0 Å². The van der Waals surface area contributed by atoms with Crippen LogP contribution in [0.25, 0.3) is 0 Å². The van der Waals surface area contributed by atoms with Gasteiger partial charge in [0.05, 0.1) is 7.11 Å². The van der Waals surface area contributed by atoms with Gasteiger partial charge in [0.15, 0.2) is 0 Å². The number of rotatable bonds is 5. The zero-order chi connectivity index (χ0) is 14.1. The number of hydrogen-bond donors (Lipinski definition) is 1. The lowest BCUT2D eigenvalue weighted by atomic mass is 9.86. The van der Waals surface area contributed by atoms with Crippen LogP contribution in [0.15, 0.2) is 18.2 Å². The van der Waals surface area contributed by atoms with E-state index >= 15 is 0 Å². The Morgan fingerprint density at radius 2 is 2.10 bits per heavy atom. The number of likely N-dealkylation sites (N-methyl/N-ethyl adjacent to an activating group) is 1. The first-order valence-corrected chi connectivity index (χ1v) is 7.80. The van der Waals surface area contributed by atoms with Crippen molar-refractivity contribution < 1.29 is 4.74 Å². The maximum Gasteiger partial charge on any atom is 0.119 e. The summed E-state index contributed by atoms with van der Waals surface area (Å²) in [6.45, 7) is 0.794. The van der Waals surface area contributed by atoms with E-state index in [1.54, 1.807) is 7.11 Å². The highest BCUT2D eigenvalue weighted by Crippen LogP contribution is 2.37. The number of nitrogens with zero attached hydrogens (tertiary/aromatic N) is 1. The van der Waals surface area contributed by atoms with Gasteiger partial charge in [0.1, 0.15) is 5.75 Å². The van der Waals surface area contributed by atoms with E-state index < -0.39 is 0 Å². The van der Waals surface area contributed by atoms with Crippen LogP contribution in [0.4, 0.5) is 0 Å². The molecule has 2 unspecified atom stereocenters. The third-order valence-electron chi connectivity index (χ3n) is 5.12. The number of hydrogen-bond acceptors (Lipinski definition) is 3. The molecule has 0 heterocycles. The van der Waals surface area contributed by atoms with Gasteiger partial charge in [-0.15, -0.1) is 0 Å². The minimum absolute atomic E-state index is 0.576. The Balaban J connectivity index is 1.73. The van der Waals surface area contributed by atoms with Crippen molar-refractivity contribution in [2.75, 3.05) is 20.7 Å². The van der Waals surface area contributed by atoms with Crippen molar-refractivity contribution >= 4 is 0 Å². The fraction of sp³-hybridized carbons (Fsp3) is 0.647. The molecule has 110 valence electrons. The van der Waals surface area contributed by atoms with Gasteiger partial charge in [-0.2, -0.15) is 0 Å². The molecule has 3 heteroatoms. The van der Waals surface area contributed by atoms with Crippen LogP contribution >= 0.6 is 0 Å². The van der Waals surface area contributed by atoms with Gasteiger partial charge in [0.25, 0.3) is 0 Å². The lowest BCUT2D eigenvalue weighted by Crippen LogP contribution is -2.47.